The molecule has 0 fully saturated rings. The number of aryl methyl sites for hydroxylation is 3. The van der Waals surface area contributed by atoms with Gasteiger partial charge in [0.15, 0.2) is 24.2 Å². The maximum atomic E-state index is 5.81. The summed E-state index contributed by atoms with van der Waals surface area (Å²) < 4.78 is 19.5. The highest BCUT2D eigenvalue weighted by atomic mass is 79.9. The number of hydrogen-bond donors (Lipinski definition) is 1. The molecule has 0 unspecified atom stereocenters. The fourth-order valence-electron chi connectivity index (χ4n) is 4.72. The Kier molecular flexibility index (Phi) is 7.51. The number of aromatic nitrogens is 1. The van der Waals surface area contributed by atoms with Gasteiger partial charge in [-0.1, -0.05) is 35.9 Å². The summed E-state index contributed by atoms with van der Waals surface area (Å²) in [4.78, 5) is 0. The average molecular weight is 535 g/mol. The molecule has 0 saturated heterocycles. The summed E-state index contributed by atoms with van der Waals surface area (Å²) in [5, 5.41) is 5.95. The molecular formula is C29H31BrN2O3. The predicted molar refractivity (Wildman–Crippen MR) is 136 cm³/mol. The topological polar surface area (TPSA) is 43.6 Å². The van der Waals surface area contributed by atoms with Crippen molar-refractivity contribution in [2.45, 2.75) is 33.4 Å². The van der Waals surface area contributed by atoms with Gasteiger partial charge in [0.25, 0.3) is 0 Å². The van der Waals surface area contributed by atoms with Crippen molar-refractivity contribution in [2.24, 2.45) is 0 Å². The van der Waals surface area contributed by atoms with Crippen LogP contribution in [0.4, 0.5) is 5.69 Å². The summed E-state index contributed by atoms with van der Waals surface area (Å²) in [5.41, 5.74) is 7.19. The van der Waals surface area contributed by atoms with Gasteiger partial charge in [0.2, 0.25) is 5.69 Å². The fraction of sp³-hybridized carbons (Fsp3) is 0.276. The third-order valence-corrected chi connectivity index (χ3v) is 6.52. The first kappa shape index (κ1) is 24.9. The van der Waals surface area contributed by atoms with E-state index in [9.17, 15) is 0 Å². The molecule has 6 heteroatoms. The van der Waals surface area contributed by atoms with Crippen LogP contribution in [-0.2, 0) is 19.5 Å². The number of anilines is 1. The molecule has 0 saturated carbocycles. The van der Waals surface area contributed by atoms with Crippen molar-refractivity contribution in [2.75, 3.05) is 26.1 Å². The van der Waals surface area contributed by atoms with Crippen LogP contribution in [0.5, 0.6) is 17.2 Å². The van der Waals surface area contributed by atoms with E-state index >= 15 is 0 Å². The quantitative estimate of drug-likeness (QED) is 0.370. The van der Waals surface area contributed by atoms with Gasteiger partial charge in [-0.05, 0) is 48.6 Å². The van der Waals surface area contributed by atoms with Gasteiger partial charge < -0.3 is 36.5 Å². The summed E-state index contributed by atoms with van der Waals surface area (Å²) in [5.74, 6) is 2.43. The number of methoxy groups -OCH3 is 2. The SMILES string of the molecule is CCOc1cc2c(cc1OC)-c1cc3ccc(OC)c(NCc4ccc(C)cc4)c3c[n+]1CC2.[Br-]. The van der Waals surface area contributed by atoms with E-state index in [0.29, 0.717) is 6.61 Å². The van der Waals surface area contributed by atoms with E-state index < -0.39 is 0 Å². The largest absolute Gasteiger partial charge is 1.00 e. The van der Waals surface area contributed by atoms with Crippen molar-refractivity contribution >= 4 is 16.5 Å². The second-order valence-electron chi connectivity index (χ2n) is 8.68. The number of nitrogens with one attached hydrogen (secondary N) is 1. The zero-order valence-corrected chi connectivity index (χ0v) is 22.2. The molecule has 3 aromatic carbocycles. The molecule has 0 radical (unpaired) electrons. The Bertz CT molecular complexity index is 1350. The maximum Gasteiger partial charge on any atom is 0.213 e. The Labute approximate surface area is 217 Å². The van der Waals surface area contributed by atoms with Crippen LogP contribution >= 0.6 is 0 Å². The number of hydrogen-bond acceptors (Lipinski definition) is 4. The van der Waals surface area contributed by atoms with E-state index in [0.717, 1.165) is 47.8 Å². The predicted octanol–water partition coefficient (Wildman–Crippen LogP) is 2.69. The van der Waals surface area contributed by atoms with Crippen molar-refractivity contribution in [3.63, 3.8) is 0 Å². The van der Waals surface area contributed by atoms with Gasteiger partial charge in [-0.25, -0.2) is 0 Å². The van der Waals surface area contributed by atoms with Gasteiger partial charge in [-0.2, -0.15) is 4.57 Å². The summed E-state index contributed by atoms with van der Waals surface area (Å²) in [6.07, 6.45) is 3.19. The van der Waals surface area contributed by atoms with Crippen LogP contribution in [0.1, 0.15) is 23.6 Å². The molecule has 0 atom stereocenters. The lowest BCUT2D eigenvalue weighted by Crippen LogP contribution is -3.00. The number of benzene rings is 3. The number of ether oxygens (including phenoxy) is 3. The zero-order chi connectivity index (χ0) is 23.7. The van der Waals surface area contributed by atoms with E-state index in [1.54, 1.807) is 14.2 Å². The van der Waals surface area contributed by atoms with Gasteiger partial charge in [-0.15, -0.1) is 0 Å². The standard InChI is InChI=1S/C29H30N2O3.BrH/c1-5-34-28-15-22-12-13-31-18-24-21(14-25(31)23(22)16-27(28)33-4)10-11-26(32-3)29(24)30-17-20-8-6-19(2)7-9-20;/h6-11,14-16,18H,5,12-13,17H2,1-4H3;1H. The summed E-state index contributed by atoms with van der Waals surface area (Å²) in [6.45, 7) is 6.36. The van der Waals surface area contributed by atoms with E-state index in [4.69, 9.17) is 14.2 Å². The van der Waals surface area contributed by atoms with Gasteiger partial charge in [0, 0.05) is 19.0 Å². The lowest BCUT2D eigenvalue weighted by atomic mass is 9.95. The minimum atomic E-state index is 0. The van der Waals surface area contributed by atoms with Crippen LogP contribution in [0.2, 0.25) is 0 Å². The molecule has 1 aliphatic rings. The van der Waals surface area contributed by atoms with Gasteiger partial charge in [0.1, 0.15) is 5.75 Å². The molecule has 1 aliphatic heterocycles. The van der Waals surface area contributed by atoms with Crippen LogP contribution in [0.15, 0.2) is 60.8 Å². The van der Waals surface area contributed by atoms with E-state index in [1.807, 2.05) is 13.0 Å². The molecule has 35 heavy (non-hydrogen) atoms. The first-order chi connectivity index (χ1) is 16.6. The lowest BCUT2D eigenvalue weighted by Gasteiger charge is -2.20. The lowest BCUT2D eigenvalue weighted by molar-refractivity contribution is -0.686. The van der Waals surface area contributed by atoms with Crippen molar-refractivity contribution in [1.29, 1.82) is 0 Å². The van der Waals surface area contributed by atoms with Crippen molar-refractivity contribution < 1.29 is 35.8 Å². The molecule has 1 aromatic heterocycles. The highest BCUT2D eigenvalue weighted by Crippen LogP contribution is 2.39. The summed E-state index contributed by atoms with van der Waals surface area (Å²) in [7, 11) is 3.42. The van der Waals surface area contributed by atoms with E-state index in [2.05, 4.69) is 71.5 Å². The Balaban J connectivity index is 0.00000289. The van der Waals surface area contributed by atoms with Crippen LogP contribution in [-0.4, -0.2) is 20.8 Å². The molecule has 4 aromatic rings. The van der Waals surface area contributed by atoms with Gasteiger partial charge >= 0.3 is 0 Å². The molecule has 0 spiro atoms. The monoisotopic (exact) mass is 534 g/mol. The number of halogens is 1. The normalized spacial score (nSPS) is 11.8. The Hall–Kier alpha value is -3.25. The third-order valence-electron chi connectivity index (χ3n) is 6.52. The number of rotatable bonds is 7. The van der Waals surface area contributed by atoms with Crippen LogP contribution < -0.4 is 41.1 Å². The van der Waals surface area contributed by atoms with Gasteiger partial charge in [0.05, 0.1) is 37.5 Å². The highest BCUT2D eigenvalue weighted by molar-refractivity contribution is 5.97. The highest BCUT2D eigenvalue weighted by Gasteiger charge is 2.27. The van der Waals surface area contributed by atoms with Crippen LogP contribution in [0.3, 0.4) is 0 Å². The smallest absolute Gasteiger partial charge is 0.213 e. The van der Waals surface area contributed by atoms with Crippen molar-refractivity contribution in [3.8, 4) is 28.5 Å². The molecule has 0 aliphatic carbocycles. The maximum absolute atomic E-state index is 5.81. The zero-order valence-electron chi connectivity index (χ0n) is 20.7. The Morgan fingerprint density at radius 1 is 0.914 bits per heavy atom. The Morgan fingerprint density at radius 2 is 1.69 bits per heavy atom. The molecular weight excluding hydrogens is 504 g/mol. The minimum absolute atomic E-state index is 0. The molecule has 0 amide bonds. The summed E-state index contributed by atoms with van der Waals surface area (Å²) >= 11 is 0. The first-order valence-corrected chi connectivity index (χ1v) is 11.8. The van der Waals surface area contributed by atoms with E-state index in [1.165, 1.54) is 33.3 Å². The van der Waals surface area contributed by atoms with Crippen LogP contribution in [0, 0.1) is 6.92 Å². The molecule has 0 bridgehead atoms. The van der Waals surface area contributed by atoms with Crippen LogP contribution in [0.25, 0.3) is 22.0 Å². The number of fused-ring (bicyclic) bond motifs is 4. The molecule has 5 nitrogen and oxygen atoms in total. The fourth-order valence-corrected chi connectivity index (χ4v) is 4.72. The number of nitrogens with zero attached hydrogens (tertiary/aromatic N) is 1. The van der Waals surface area contributed by atoms with Crippen molar-refractivity contribution in [1.82, 2.24) is 0 Å². The van der Waals surface area contributed by atoms with Crippen molar-refractivity contribution in [3.05, 3.63) is 77.5 Å². The number of pyridine rings is 1. The average Bonchev–Trinajstić information content (AvgIpc) is 2.86. The summed E-state index contributed by atoms with van der Waals surface area (Å²) in [6, 6.07) is 19.3. The minimum Gasteiger partial charge on any atom is -1.00 e. The molecule has 1 N–H and O–H groups in total. The Morgan fingerprint density at radius 3 is 2.40 bits per heavy atom. The van der Waals surface area contributed by atoms with E-state index in [-0.39, 0.29) is 17.0 Å². The second-order valence-corrected chi connectivity index (χ2v) is 8.68. The van der Waals surface area contributed by atoms with Gasteiger partial charge in [-0.3, -0.25) is 0 Å². The first-order valence-electron chi connectivity index (χ1n) is 11.8. The third kappa shape index (κ3) is 4.80. The molecule has 5 rings (SSSR count). The second kappa shape index (κ2) is 10.6. The molecule has 182 valence electrons. The molecule has 2 heterocycles.